The fraction of sp³-hybridized carbons (Fsp3) is 0.0882. The van der Waals surface area contributed by atoms with Crippen LogP contribution < -0.4 is 10.6 Å². The number of carboxylic acids is 1. The number of carbonyl (C=O) groups is 2. The number of nitrogens with one attached hydrogen (secondary N) is 2. The molecular formula is C34H27N5O5. The van der Waals surface area contributed by atoms with Crippen molar-refractivity contribution in [2.75, 3.05) is 5.32 Å². The first-order valence-electron chi connectivity index (χ1n) is 13.9. The number of anilines is 1. The van der Waals surface area contributed by atoms with Crippen molar-refractivity contribution in [3.05, 3.63) is 142 Å². The third-order valence-corrected chi connectivity index (χ3v) is 7.39. The van der Waals surface area contributed by atoms with Crippen LogP contribution in [0.4, 0.5) is 11.5 Å². The van der Waals surface area contributed by atoms with Crippen molar-refractivity contribution in [3.63, 3.8) is 0 Å². The van der Waals surface area contributed by atoms with Crippen molar-refractivity contribution >= 4 is 39.8 Å². The number of non-ortho nitro benzene ring substituents is 1. The zero-order valence-corrected chi connectivity index (χ0v) is 23.4. The predicted octanol–water partition coefficient (Wildman–Crippen LogP) is 6.62. The van der Waals surface area contributed by atoms with E-state index in [1.807, 2.05) is 77.3 Å². The molecule has 0 saturated carbocycles. The summed E-state index contributed by atoms with van der Waals surface area (Å²) in [5, 5.41) is 29.3. The number of amides is 1. The van der Waals surface area contributed by atoms with Gasteiger partial charge in [-0.05, 0) is 40.1 Å². The van der Waals surface area contributed by atoms with E-state index in [9.17, 15) is 24.8 Å². The summed E-state index contributed by atoms with van der Waals surface area (Å²) in [7, 11) is 0. The fourth-order valence-corrected chi connectivity index (χ4v) is 5.25. The molecule has 2 aromatic heterocycles. The molecule has 3 N–H and O–H groups in total. The van der Waals surface area contributed by atoms with E-state index in [2.05, 4.69) is 16.7 Å². The van der Waals surface area contributed by atoms with E-state index in [1.54, 1.807) is 18.2 Å². The molecule has 218 valence electrons. The van der Waals surface area contributed by atoms with Crippen LogP contribution in [0.25, 0.3) is 27.7 Å². The molecule has 0 radical (unpaired) electrons. The summed E-state index contributed by atoms with van der Waals surface area (Å²) in [4.78, 5) is 41.2. The zero-order chi connectivity index (χ0) is 30.6. The number of pyridine rings is 1. The zero-order valence-electron chi connectivity index (χ0n) is 23.4. The number of nitrogens with zero attached hydrogens (tertiary/aromatic N) is 3. The van der Waals surface area contributed by atoms with Gasteiger partial charge in [0.1, 0.15) is 11.5 Å². The second-order valence-electron chi connectivity index (χ2n) is 10.3. The number of carboxylic acid groups (broad SMARTS) is 1. The van der Waals surface area contributed by atoms with Crippen molar-refractivity contribution < 1.29 is 19.6 Å². The highest BCUT2D eigenvalue weighted by molar-refractivity contribution is 6.01. The molecule has 2 heterocycles. The lowest BCUT2D eigenvalue weighted by Gasteiger charge is -2.18. The van der Waals surface area contributed by atoms with E-state index in [0.29, 0.717) is 29.3 Å². The van der Waals surface area contributed by atoms with Crippen LogP contribution in [0.3, 0.4) is 0 Å². The van der Waals surface area contributed by atoms with Crippen molar-refractivity contribution in [1.29, 1.82) is 0 Å². The van der Waals surface area contributed by atoms with Gasteiger partial charge in [-0.3, -0.25) is 24.1 Å². The first kappa shape index (κ1) is 28.1. The smallest absolute Gasteiger partial charge is 0.305 e. The van der Waals surface area contributed by atoms with Crippen LogP contribution in [0.15, 0.2) is 115 Å². The van der Waals surface area contributed by atoms with Crippen LogP contribution in [0.5, 0.6) is 0 Å². The van der Waals surface area contributed by atoms with Gasteiger partial charge >= 0.3 is 5.97 Å². The van der Waals surface area contributed by atoms with Crippen molar-refractivity contribution in [1.82, 2.24) is 14.7 Å². The molecule has 0 aliphatic carbocycles. The monoisotopic (exact) mass is 585 g/mol. The quantitative estimate of drug-likeness (QED) is 0.121. The van der Waals surface area contributed by atoms with Gasteiger partial charge in [0.15, 0.2) is 5.65 Å². The van der Waals surface area contributed by atoms with Crippen LogP contribution in [-0.4, -0.2) is 31.3 Å². The standard InChI is InChI=1S/C34H27N5O5/c40-30(41)20-29(25-12-6-13-27(19-25)39(43)44)36-34(42)28-14-7-17-38-32(28)37-31(33(38)35-21-22-8-2-1-3-9-22)26-16-15-23-10-4-5-11-24(23)18-26/h1-19,29,35H,20-21H2,(H,36,42)(H,40,41). The highest BCUT2D eigenvalue weighted by Gasteiger charge is 2.24. The third kappa shape index (κ3) is 5.82. The van der Waals surface area contributed by atoms with Crippen LogP contribution in [0.2, 0.25) is 0 Å². The number of aliphatic carboxylic acids is 1. The predicted molar refractivity (Wildman–Crippen MR) is 167 cm³/mol. The number of carbonyl (C=O) groups excluding carboxylic acids is 1. The molecule has 0 saturated heterocycles. The Morgan fingerprint density at radius 2 is 1.66 bits per heavy atom. The van der Waals surface area contributed by atoms with Gasteiger partial charge < -0.3 is 15.7 Å². The number of nitro groups is 1. The number of nitro benzene ring substituents is 1. The van der Waals surface area contributed by atoms with E-state index in [4.69, 9.17) is 4.98 Å². The van der Waals surface area contributed by atoms with E-state index in [1.165, 1.54) is 18.2 Å². The molecule has 1 amide bonds. The largest absolute Gasteiger partial charge is 0.481 e. The van der Waals surface area contributed by atoms with Crippen molar-refractivity contribution in [2.24, 2.45) is 0 Å². The van der Waals surface area contributed by atoms with Gasteiger partial charge in [0.2, 0.25) is 0 Å². The van der Waals surface area contributed by atoms with E-state index < -0.39 is 29.3 Å². The molecule has 10 nitrogen and oxygen atoms in total. The van der Waals surface area contributed by atoms with Gasteiger partial charge in [0.25, 0.3) is 11.6 Å². The fourth-order valence-electron chi connectivity index (χ4n) is 5.25. The minimum Gasteiger partial charge on any atom is -0.481 e. The molecule has 0 spiro atoms. The average molecular weight is 586 g/mol. The van der Waals surface area contributed by atoms with Gasteiger partial charge in [-0.1, -0.05) is 78.9 Å². The number of hydrogen-bond donors (Lipinski definition) is 3. The highest BCUT2D eigenvalue weighted by atomic mass is 16.6. The topological polar surface area (TPSA) is 139 Å². The normalized spacial score (nSPS) is 11.7. The molecule has 44 heavy (non-hydrogen) atoms. The van der Waals surface area contributed by atoms with E-state index in [0.717, 1.165) is 21.9 Å². The van der Waals surface area contributed by atoms with Gasteiger partial charge in [0, 0.05) is 30.4 Å². The van der Waals surface area contributed by atoms with Crippen molar-refractivity contribution in [2.45, 2.75) is 19.0 Å². The number of benzene rings is 4. The van der Waals surface area contributed by atoms with Crippen LogP contribution >= 0.6 is 0 Å². The molecule has 6 aromatic rings. The van der Waals surface area contributed by atoms with E-state index >= 15 is 0 Å². The maximum absolute atomic E-state index is 13.7. The van der Waals surface area contributed by atoms with E-state index in [-0.39, 0.29) is 11.3 Å². The summed E-state index contributed by atoms with van der Waals surface area (Å²) in [6.45, 7) is 0.513. The Morgan fingerprint density at radius 3 is 2.43 bits per heavy atom. The number of hydrogen-bond acceptors (Lipinski definition) is 6. The summed E-state index contributed by atoms with van der Waals surface area (Å²) < 4.78 is 1.81. The summed E-state index contributed by atoms with van der Waals surface area (Å²) in [5.74, 6) is -1.03. The molecule has 0 aliphatic heterocycles. The van der Waals surface area contributed by atoms with Crippen LogP contribution in [-0.2, 0) is 11.3 Å². The second-order valence-corrected chi connectivity index (χ2v) is 10.3. The summed E-state index contributed by atoms with van der Waals surface area (Å²) in [6.07, 6.45) is 1.35. The average Bonchev–Trinajstić information content (AvgIpc) is 3.42. The lowest BCUT2D eigenvalue weighted by molar-refractivity contribution is -0.384. The highest BCUT2D eigenvalue weighted by Crippen LogP contribution is 2.33. The van der Waals surface area contributed by atoms with Gasteiger partial charge in [-0.25, -0.2) is 4.98 Å². The van der Waals surface area contributed by atoms with Gasteiger partial charge in [-0.15, -0.1) is 0 Å². The SMILES string of the molecule is O=C(O)CC(NC(=O)c1cccn2c(NCc3ccccc3)c(-c3ccc4ccccc4c3)nc12)c1cccc([N+](=O)[O-])c1. The Hall–Kier alpha value is -6.03. The van der Waals surface area contributed by atoms with Gasteiger partial charge in [-0.2, -0.15) is 0 Å². The van der Waals surface area contributed by atoms with Crippen molar-refractivity contribution in [3.8, 4) is 11.3 Å². The molecular weight excluding hydrogens is 558 g/mol. The number of aromatic nitrogens is 2. The summed E-state index contributed by atoms with van der Waals surface area (Å²) in [6, 6.07) is 31.9. The van der Waals surface area contributed by atoms with Crippen LogP contribution in [0.1, 0.15) is 33.9 Å². The number of rotatable bonds is 10. The molecule has 6 rings (SSSR count). The Kier molecular flexibility index (Phi) is 7.71. The minimum absolute atomic E-state index is 0.198. The summed E-state index contributed by atoms with van der Waals surface area (Å²) in [5.41, 5.74) is 3.28. The van der Waals surface area contributed by atoms with Gasteiger partial charge in [0.05, 0.1) is 22.9 Å². The maximum atomic E-state index is 13.7. The Morgan fingerprint density at radius 1 is 0.886 bits per heavy atom. The Bertz CT molecular complexity index is 2020. The molecule has 10 heteroatoms. The Balaban J connectivity index is 1.42. The summed E-state index contributed by atoms with van der Waals surface area (Å²) >= 11 is 0. The molecule has 0 aliphatic rings. The minimum atomic E-state index is -1.16. The molecule has 1 unspecified atom stereocenters. The number of imidazole rings is 1. The molecule has 0 bridgehead atoms. The Labute approximate surface area is 251 Å². The molecule has 1 atom stereocenters. The van der Waals surface area contributed by atoms with Crippen LogP contribution in [0, 0.1) is 10.1 Å². The second kappa shape index (κ2) is 12.1. The first-order chi connectivity index (χ1) is 21.4. The molecule has 4 aromatic carbocycles. The first-order valence-corrected chi connectivity index (χ1v) is 13.9. The lowest BCUT2D eigenvalue weighted by atomic mass is 10.0. The molecule has 0 fully saturated rings. The third-order valence-electron chi connectivity index (χ3n) is 7.39. The number of fused-ring (bicyclic) bond motifs is 2. The lowest BCUT2D eigenvalue weighted by Crippen LogP contribution is -2.30. The maximum Gasteiger partial charge on any atom is 0.305 e.